The molecule has 2 aromatic rings. The summed E-state index contributed by atoms with van der Waals surface area (Å²) in [6.07, 6.45) is 1.53. The van der Waals surface area contributed by atoms with Crippen molar-refractivity contribution in [3.8, 4) is 5.75 Å². The van der Waals surface area contributed by atoms with Crippen LogP contribution in [-0.4, -0.2) is 32.7 Å². The quantitative estimate of drug-likeness (QED) is 0.828. The lowest BCUT2D eigenvalue weighted by molar-refractivity contribution is 0.203. The number of aromatic nitrogens is 3. The normalized spacial score (nSPS) is 15.8. The highest BCUT2D eigenvalue weighted by Crippen LogP contribution is 2.39. The Bertz CT molecular complexity index is 673. The molecule has 0 bridgehead atoms. The molecule has 5 nitrogen and oxygen atoms in total. The highest BCUT2D eigenvalue weighted by atomic mass is 32.2. The third-order valence-corrected chi connectivity index (χ3v) is 4.70. The first kappa shape index (κ1) is 15.3. The molecule has 0 amide bonds. The van der Waals surface area contributed by atoms with Crippen LogP contribution in [0.1, 0.15) is 36.4 Å². The molecule has 0 saturated heterocycles. The van der Waals surface area contributed by atoms with E-state index in [1.165, 1.54) is 31.0 Å². The number of aliphatic hydroxyl groups is 1. The summed E-state index contributed by atoms with van der Waals surface area (Å²) in [5, 5.41) is 19.3. The van der Waals surface area contributed by atoms with E-state index in [1.54, 1.807) is 6.07 Å². The standard InChI is InChI=1S/C15H18FN3O2S/c1-9-17-18-15(19(9)11-4-5-11)22-8-13(20)10-3-6-14(21-2)12(16)7-10/h3,6-7,11,13,20H,4-5,8H2,1-2H3. The maximum Gasteiger partial charge on any atom is 0.191 e. The van der Waals surface area contributed by atoms with E-state index in [4.69, 9.17) is 4.74 Å². The largest absolute Gasteiger partial charge is 0.494 e. The Labute approximate surface area is 132 Å². The molecule has 3 rings (SSSR count). The molecule has 1 aliphatic rings. The van der Waals surface area contributed by atoms with E-state index in [0.29, 0.717) is 17.4 Å². The monoisotopic (exact) mass is 323 g/mol. The first-order valence-corrected chi connectivity index (χ1v) is 8.14. The van der Waals surface area contributed by atoms with Gasteiger partial charge in [-0.25, -0.2) is 4.39 Å². The highest BCUT2D eigenvalue weighted by Gasteiger charge is 2.28. The summed E-state index contributed by atoms with van der Waals surface area (Å²) in [6, 6.07) is 4.99. The van der Waals surface area contributed by atoms with Gasteiger partial charge in [0.05, 0.1) is 13.2 Å². The minimum absolute atomic E-state index is 0.174. The third kappa shape index (κ3) is 3.10. The number of nitrogens with zero attached hydrogens (tertiary/aromatic N) is 3. The van der Waals surface area contributed by atoms with Crippen molar-refractivity contribution in [2.45, 2.75) is 37.1 Å². The van der Waals surface area contributed by atoms with Crippen LogP contribution in [-0.2, 0) is 0 Å². The van der Waals surface area contributed by atoms with E-state index in [0.717, 1.165) is 23.8 Å². The summed E-state index contributed by atoms with van der Waals surface area (Å²) < 4.78 is 20.7. The van der Waals surface area contributed by atoms with Crippen molar-refractivity contribution in [2.75, 3.05) is 12.9 Å². The molecule has 0 aliphatic heterocycles. The van der Waals surface area contributed by atoms with Crippen LogP contribution in [0.15, 0.2) is 23.4 Å². The number of methoxy groups -OCH3 is 1. The zero-order valence-corrected chi connectivity index (χ0v) is 13.3. The molecule has 0 spiro atoms. The van der Waals surface area contributed by atoms with Crippen LogP contribution in [0.3, 0.4) is 0 Å². The maximum absolute atomic E-state index is 13.7. The second kappa shape index (κ2) is 6.26. The fourth-order valence-electron chi connectivity index (χ4n) is 2.34. The summed E-state index contributed by atoms with van der Waals surface area (Å²) in [5.41, 5.74) is 0.528. The predicted octanol–water partition coefficient (Wildman–Crippen LogP) is 2.89. The second-order valence-electron chi connectivity index (χ2n) is 5.35. The minimum atomic E-state index is -0.768. The van der Waals surface area contributed by atoms with Crippen molar-refractivity contribution in [2.24, 2.45) is 0 Å². The van der Waals surface area contributed by atoms with Gasteiger partial charge in [0.2, 0.25) is 0 Å². The average molecular weight is 323 g/mol. The van der Waals surface area contributed by atoms with Gasteiger partial charge in [0.1, 0.15) is 5.82 Å². The Balaban J connectivity index is 1.67. The molecule has 1 heterocycles. The van der Waals surface area contributed by atoms with Crippen LogP contribution in [0.2, 0.25) is 0 Å². The van der Waals surface area contributed by atoms with Gasteiger partial charge in [0, 0.05) is 11.8 Å². The summed E-state index contributed by atoms with van der Waals surface area (Å²) in [6.45, 7) is 1.94. The number of hydrogen-bond donors (Lipinski definition) is 1. The fourth-order valence-corrected chi connectivity index (χ4v) is 3.36. The Hall–Kier alpha value is -1.60. The van der Waals surface area contributed by atoms with E-state index in [9.17, 15) is 9.50 Å². The molecule has 1 fully saturated rings. The number of ether oxygens (including phenoxy) is 1. The molecule has 1 N–H and O–H groups in total. The predicted molar refractivity (Wildman–Crippen MR) is 81.7 cm³/mol. The molecule has 7 heteroatoms. The molecular formula is C15H18FN3O2S. The van der Waals surface area contributed by atoms with Gasteiger partial charge in [0.15, 0.2) is 16.7 Å². The van der Waals surface area contributed by atoms with E-state index < -0.39 is 11.9 Å². The van der Waals surface area contributed by atoms with Gasteiger partial charge in [-0.15, -0.1) is 10.2 Å². The van der Waals surface area contributed by atoms with Crippen LogP contribution < -0.4 is 4.74 Å². The van der Waals surface area contributed by atoms with Crippen molar-refractivity contribution >= 4 is 11.8 Å². The number of aliphatic hydroxyl groups excluding tert-OH is 1. The zero-order chi connectivity index (χ0) is 15.7. The van der Waals surface area contributed by atoms with Crippen molar-refractivity contribution < 1.29 is 14.2 Å². The van der Waals surface area contributed by atoms with Gasteiger partial charge in [-0.05, 0) is 37.5 Å². The summed E-state index contributed by atoms with van der Waals surface area (Å²) >= 11 is 1.44. The molecule has 1 aromatic heterocycles. The van der Waals surface area contributed by atoms with Crippen molar-refractivity contribution in [3.63, 3.8) is 0 Å². The number of thioether (sulfide) groups is 1. The number of benzene rings is 1. The Morgan fingerprint density at radius 3 is 2.86 bits per heavy atom. The topological polar surface area (TPSA) is 60.2 Å². The third-order valence-electron chi connectivity index (χ3n) is 3.68. The molecule has 118 valence electrons. The van der Waals surface area contributed by atoms with Crippen molar-refractivity contribution in [1.29, 1.82) is 0 Å². The van der Waals surface area contributed by atoms with Crippen LogP contribution in [0.4, 0.5) is 4.39 Å². The Morgan fingerprint density at radius 2 is 2.23 bits per heavy atom. The van der Waals surface area contributed by atoms with Gasteiger partial charge >= 0.3 is 0 Å². The van der Waals surface area contributed by atoms with E-state index in [1.807, 2.05) is 6.92 Å². The van der Waals surface area contributed by atoms with Crippen molar-refractivity contribution in [1.82, 2.24) is 14.8 Å². The van der Waals surface area contributed by atoms with Crippen LogP contribution in [0.5, 0.6) is 5.75 Å². The van der Waals surface area contributed by atoms with Gasteiger partial charge in [-0.2, -0.15) is 0 Å². The first-order chi connectivity index (χ1) is 10.6. The lowest BCUT2D eigenvalue weighted by atomic mass is 10.1. The zero-order valence-electron chi connectivity index (χ0n) is 12.5. The Morgan fingerprint density at radius 1 is 1.45 bits per heavy atom. The molecule has 1 atom stereocenters. The molecule has 22 heavy (non-hydrogen) atoms. The maximum atomic E-state index is 13.7. The van der Waals surface area contributed by atoms with Crippen LogP contribution in [0, 0.1) is 12.7 Å². The molecule has 0 radical (unpaired) electrons. The van der Waals surface area contributed by atoms with Gasteiger partial charge in [0.25, 0.3) is 0 Å². The SMILES string of the molecule is COc1ccc(C(O)CSc2nnc(C)n2C2CC2)cc1F. The van der Waals surface area contributed by atoms with Crippen LogP contribution >= 0.6 is 11.8 Å². The summed E-state index contributed by atoms with van der Waals surface area (Å²) in [7, 11) is 1.41. The highest BCUT2D eigenvalue weighted by molar-refractivity contribution is 7.99. The van der Waals surface area contributed by atoms with E-state index in [2.05, 4.69) is 14.8 Å². The van der Waals surface area contributed by atoms with E-state index >= 15 is 0 Å². The first-order valence-electron chi connectivity index (χ1n) is 7.16. The molecule has 1 aromatic carbocycles. The number of aryl methyl sites for hydroxylation is 1. The van der Waals surface area contributed by atoms with Crippen LogP contribution in [0.25, 0.3) is 0 Å². The molecule has 1 saturated carbocycles. The second-order valence-corrected chi connectivity index (χ2v) is 6.34. The van der Waals surface area contributed by atoms with E-state index in [-0.39, 0.29) is 5.75 Å². The average Bonchev–Trinajstić information content (AvgIpc) is 3.28. The number of halogens is 1. The van der Waals surface area contributed by atoms with Gasteiger partial charge in [-0.1, -0.05) is 17.8 Å². The minimum Gasteiger partial charge on any atom is -0.494 e. The Kier molecular flexibility index (Phi) is 4.35. The smallest absolute Gasteiger partial charge is 0.191 e. The fraction of sp³-hybridized carbons (Fsp3) is 0.467. The van der Waals surface area contributed by atoms with Gasteiger partial charge in [-0.3, -0.25) is 0 Å². The van der Waals surface area contributed by atoms with Gasteiger partial charge < -0.3 is 14.4 Å². The number of hydrogen-bond acceptors (Lipinski definition) is 5. The van der Waals surface area contributed by atoms with Crippen molar-refractivity contribution in [3.05, 3.63) is 35.4 Å². The lowest BCUT2D eigenvalue weighted by Crippen LogP contribution is -2.04. The molecule has 1 aliphatic carbocycles. The lowest BCUT2D eigenvalue weighted by Gasteiger charge is -2.12. The summed E-state index contributed by atoms with van der Waals surface area (Å²) in [5.74, 6) is 1.00. The number of rotatable bonds is 6. The molecule has 1 unspecified atom stereocenters. The molecular weight excluding hydrogens is 305 g/mol. The summed E-state index contributed by atoms with van der Waals surface area (Å²) in [4.78, 5) is 0.